The van der Waals surface area contributed by atoms with Crippen molar-refractivity contribution in [3.8, 4) is 11.5 Å². The van der Waals surface area contributed by atoms with E-state index in [4.69, 9.17) is 0 Å². The van der Waals surface area contributed by atoms with Crippen LogP contribution < -0.4 is 0 Å². The molecule has 0 bridgehead atoms. The first kappa shape index (κ1) is 20.7. The monoisotopic (exact) mass is 382 g/mol. The molecular weight excluding hydrogens is 348 g/mol. The van der Waals surface area contributed by atoms with Crippen molar-refractivity contribution < 1.29 is 10.2 Å². The van der Waals surface area contributed by atoms with Gasteiger partial charge in [0.1, 0.15) is 11.5 Å². The molecule has 152 valence electrons. The van der Waals surface area contributed by atoms with Gasteiger partial charge in [-0.3, -0.25) is 9.80 Å². The second kappa shape index (κ2) is 8.97. The van der Waals surface area contributed by atoms with Gasteiger partial charge in [0.2, 0.25) is 0 Å². The van der Waals surface area contributed by atoms with Gasteiger partial charge in [0, 0.05) is 36.3 Å². The fraction of sp³-hybridized carbons (Fsp3) is 0.500. The number of phenolic OH excluding ortho intramolecular Hbond substituents is 2. The lowest BCUT2D eigenvalue weighted by Crippen LogP contribution is -2.50. The second-order valence-electron chi connectivity index (χ2n) is 8.41. The molecule has 2 aromatic rings. The lowest BCUT2D eigenvalue weighted by molar-refractivity contribution is 0.0685. The fourth-order valence-electron chi connectivity index (χ4n) is 4.59. The third kappa shape index (κ3) is 4.50. The third-order valence-corrected chi connectivity index (χ3v) is 6.31. The van der Waals surface area contributed by atoms with E-state index >= 15 is 0 Å². The Morgan fingerprint density at radius 3 is 1.54 bits per heavy atom. The summed E-state index contributed by atoms with van der Waals surface area (Å²) in [5.41, 5.74) is 3.84. The maximum Gasteiger partial charge on any atom is 0.122 e. The lowest BCUT2D eigenvalue weighted by Gasteiger charge is -2.43. The molecule has 1 fully saturated rings. The lowest BCUT2D eigenvalue weighted by atomic mass is 9.87. The molecule has 2 unspecified atom stereocenters. The van der Waals surface area contributed by atoms with Gasteiger partial charge in [0.15, 0.2) is 0 Å². The van der Waals surface area contributed by atoms with Gasteiger partial charge in [-0.2, -0.15) is 0 Å². The van der Waals surface area contributed by atoms with E-state index in [1.165, 1.54) is 12.8 Å². The number of nitrogens with zero attached hydrogens (tertiary/aromatic N) is 2. The van der Waals surface area contributed by atoms with E-state index in [9.17, 15) is 10.2 Å². The van der Waals surface area contributed by atoms with Gasteiger partial charge in [-0.05, 0) is 51.9 Å². The predicted octanol–water partition coefficient (Wildman–Crippen LogP) is 4.59. The molecule has 4 heteroatoms. The van der Waals surface area contributed by atoms with Gasteiger partial charge in [-0.25, -0.2) is 0 Å². The van der Waals surface area contributed by atoms with E-state index in [1.54, 1.807) is 0 Å². The molecule has 2 aromatic carbocycles. The number of aryl methyl sites for hydroxylation is 2. The van der Waals surface area contributed by atoms with Crippen molar-refractivity contribution in [3.05, 3.63) is 58.7 Å². The van der Waals surface area contributed by atoms with Crippen LogP contribution in [0.1, 0.15) is 47.9 Å². The third-order valence-electron chi connectivity index (χ3n) is 6.31. The van der Waals surface area contributed by atoms with Crippen LogP contribution in [0.15, 0.2) is 36.4 Å². The molecule has 1 saturated carbocycles. The van der Waals surface area contributed by atoms with Crippen molar-refractivity contribution in [2.45, 2.75) is 64.7 Å². The van der Waals surface area contributed by atoms with E-state index in [-0.39, 0.29) is 0 Å². The van der Waals surface area contributed by atoms with Crippen molar-refractivity contribution in [2.24, 2.45) is 0 Å². The molecule has 0 saturated heterocycles. The average Bonchev–Trinajstić information content (AvgIpc) is 2.69. The van der Waals surface area contributed by atoms with Crippen LogP contribution in [0.4, 0.5) is 0 Å². The summed E-state index contributed by atoms with van der Waals surface area (Å²) in [4.78, 5) is 4.79. The molecule has 0 spiro atoms. The molecule has 0 aliphatic heterocycles. The van der Waals surface area contributed by atoms with Crippen LogP contribution in [0, 0.1) is 13.8 Å². The minimum Gasteiger partial charge on any atom is -0.507 e. The minimum absolute atomic E-state index is 0.416. The highest BCUT2D eigenvalue weighted by Crippen LogP contribution is 2.31. The molecule has 0 aromatic heterocycles. The Labute approximate surface area is 169 Å². The van der Waals surface area contributed by atoms with Crippen LogP contribution in [-0.2, 0) is 13.1 Å². The molecule has 0 heterocycles. The smallest absolute Gasteiger partial charge is 0.122 e. The van der Waals surface area contributed by atoms with Crippen LogP contribution in [0.25, 0.3) is 0 Å². The first-order chi connectivity index (χ1) is 13.4. The van der Waals surface area contributed by atoms with Gasteiger partial charge in [-0.1, -0.05) is 49.2 Å². The standard InChI is InChI=1S/C24H34N2O2/c1-17-9-7-11-19(23(17)27)15-25(3)21-13-5-6-14-22(21)26(4)16-20-12-8-10-18(2)24(20)28/h7-12,21-22,27-28H,5-6,13-16H2,1-4H3. The highest BCUT2D eigenvalue weighted by atomic mass is 16.3. The van der Waals surface area contributed by atoms with Crippen molar-refractivity contribution in [1.82, 2.24) is 9.80 Å². The van der Waals surface area contributed by atoms with Crippen molar-refractivity contribution in [2.75, 3.05) is 14.1 Å². The summed E-state index contributed by atoms with van der Waals surface area (Å²) < 4.78 is 0. The van der Waals surface area contributed by atoms with E-state index in [0.717, 1.165) is 48.2 Å². The molecule has 0 amide bonds. The van der Waals surface area contributed by atoms with E-state index in [2.05, 4.69) is 23.9 Å². The zero-order chi connectivity index (χ0) is 20.3. The molecule has 4 nitrogen and oxygen atoms in total. The average molecular weight is 383 g/mol. The Morgan fingerprint density at radius 1 is 0.750 bits per heavy atom. The minimum atomic E-state index is 0.416. The Kier molecular flexibility index (Phi) is 6.63. The summed E-state index contributed by atoms with van der Waals surface area (Å²) in [6.07, 6.45) is 4.82. The van der Waals surface area contributed by atoms with Crippen molar-refractivity contribution >= 4 is 0 Å². The van der Waals surface area contributed by atoms with Crippen molar-refractivity contribution in [1.29, 1.82) is 0 Å². The molecule has 2 atom stereocenters. The Hall–Kier alpha value is -2.04. The number of hydrogen-bond donors (Lipinski definition) is 2. The van der Waals surface area contributed by atoms with Crippen LogP contribution in [0.5, 0.6) is 11.5 Å². The topological polar surface area (TPSA) is 46.9 Å². The predicted molar refractivity (Wildman–Crippen MR) is 115 cm³/mol. The van der Waals surface area contributed by atoms with Gasteiger partial charge in [0.05, 0.1) is 0 Å². The number of para-hydroxylation sites is 2. The summed E-state index contributed by atoms with van der Waals surface area (Å²) >= 11 is 0. The second-order valence-corrected chi connectivity index (χ2v) is 8.41. The number of phenols is 2. The van der Waals surface area contributed by atoms with E-state index < -0.39 is 0 Å². The van der Waals surface area contributed by atoms with E-state index in [1.807, 2.05) is 50.2 Å². The highest BCUT2D eigenvalue weighted by Gasteiger charge is 2.31. The summed E-state index contributed by atoms with van der Waals surface area (Å²) in [5, 5.41) is 20.8. The number of benzene rings is 2. The van der Waals surface area contributed by atoms with Gasteiger partial charge >= 0.3 is 0 Å². The summed E-state index contributed by atoms with van der Waals surface area (Å²) in [6, 6.07) is 12.8. The maximum absolute atomic E-state index is 10.4. The van der Waals surface area contributed by atoms with Gasteiger partial charge < -0.3 is 10.2 Å². The Balaban J connectivity index is 1.73. The zero-order valence-electron chi connectivity index (χ0n) is 17.7. The Morgan fingerprint density at radius 2 is 1.14 bits per heavy atom. The van der Waals surface area contributed by atoms with Crippen LogP contribution in [-0.4, -0.2) is 46.2 Å². The SMILES string of the molecule is Cc1cccc(CN(C)C2CCCCC2N(C)Cc2cccc(C)c2O)c1O. The highest BCUT2D eigenvalue weighted by molar-refractivity contribution is 5.40. The van der Waals surface area contributed by atoms with Crippen LogP contribution in [0.3, 0.4) is 0 Å². The normalized spacial score (nSPS) is 20.1. The summed E-state index contributed by atoms with van der Waals surface area (Å²) in [6.45, 7) is 5.39. The maximum atomic E-state index is 10.4. The largest absolute Gasteiger partial charge is 0.507 e. The molecule has 3 rings (SSSR count). The molecule has 1 aliphatic rings. The number of aromatic hydroxyl groups is 2. The van der Waals surface area contributed by atoms with Crippen LogP contribution in [0.2, 0.25) is 0 Å². The van der Waals surface area contributed by atoms with Crippen molar-refractivity contribution in [3.63, 3.8) is 0 Å². The quantitative estimate of drug-likeness (QED) is 0.767. The molecular formula is C24H34N2O2. The Bertz CT molecular complexity index is 738. The molecule has 0 radical (unpaired) electrons. The van der Waals surface area contributed by atoms with Gasteiger partial charge in [0.25, 0.3) is 0 Å². The fourth-order valence-corrected chi connectivity index (χ4v) is 4.59. The first-order valence-corrected chi connectivity index (χ1v) is 10.3. The van der Waals surface area contributed by atoms with Crippen LogP contribution >= 0.6 is 0 Å². The molecule has 28 heavy (non-hydrogen) atoms. The summed E-state index contributed by atoms with van der Waals surface area (Å²) in [7, 11) is 4.34. The number of hydrogen-bond acceptors (Lipinski definition) is 4. The number of rotatable bonds is 6. The van der Waals surface area contributed by atoms with E-state index in [0.29, 0.717) is 23.6 Å². The first-order valence-electron chi connectivity index (χ1n) is 10.3. The summed E-state index contributed by atoms with van der Waals surface area (Å²) in [5.74, 6) is 0.833. The molecule has 1 aliphatic carbocycles. The molecule has 2 N–H and O–H groups in total. The zero-order valence-corrected chi connectivity index (χ0v) is 17.7. The number of likely N-dealkylation sites (N-methyl/N-ethyl adjacent to an activating group) is 2. The van der Waals surface area contributed by atoms with Gasteiger partial charge in [-0.15, -0.1) is 0 Å².